The zero-order valence-electron chi connectivity index (χ0n) is 13.7. The second-order valence-electron chi connectivity index (χ2n) is 9.04. The Hall–Kier alpha value is -0.890. The largest absolute Gasteiger partial charge is 0.393 e. The van der Waals surface area contributed by atoms with Gasteiger partial charge in [-0.3, -0.25) is 4.79 Å². The Labute approximate surface area is 132 Å². The first-order valence-corrected chi connectivity index (χ1v) is 9.06. The molecular formula is C20H26O2. The number of ketones is 1. The number of allylic oxidation sites excluding steroid dienone is 4. The lowest BCUT2D eigenvalue weighted by atomic mass is 9.53. The van der Waals surface area contributed by atoms with Crippen LogP contribution < -0.4 is 0 Å². The molecule has 0 amide bonds. The Morgan fingerprint density at radius 2 is 1.86 bits per heavy atom. The van der Waals surface area contributed by atoms with Gasteiger partial charge in [-0.2, -0.15) is 0 Å². The Morgan fingerprint density at radius 1 is 1.05 bits per heavy atom. The van der Waals surface area contributed by atoms with E-state index in [9.17, 15) is 9.90 Å². The van der Waals surface area contributed by atoms with Crippen LogP contribution in [0.4, 0.5) is 0 Å². The second-order valence-corrected chi connectivity index (χ2v) is 9.04. The van der Waals surface area contributed by atoms with Gasteiger partial charge in [-0.15, -0.1) is 0 Å². The van der Waals surface area contributed by atoms with Crippen molar-refractivity contribution >= 4 is 5.78 Å². The Morgan fingerprint density at radius 3 is 2.64 bits per heavy atom. The van der Waals surface area contributed by atoms with Crippen LogP contribution in [0.1, 0.15) is 65.2 Å². The molecule has 0 unspecified atom stereocenters. The summed E-state index contributed by atoms with van der Waals surface area (Å²) in [5.41, 5.74) is 5.60. The molecule has 0 aromatic carbocycles. The molecule has 1 spiro atoms. The van der Waals surface area contributed by atoms with E-state index in [1.807, 2.05) is 6.08 Å². The first-order valence-electron chi connectivity index (χ1n) is 9.06. The van der Waals surface area contributed by atoms with Gasteiger partial charge in [0.1, 0.15) is 0 Å². The van der Waals surface area contributed by atoms with Crippen molar-refractivity contribution in [2.45, 2.75) is 71.3 Å². The molecule has 5 aliphatic carbocycles. The van der Waals surface area contributed by atoms with Gasteiger partial charge in [-0.05, 0) is 62.4 Å². The topological polar surface area (TPSA) is 37.3 Å². The number of aliphatic hydroxyl groups excluding tert-OH is 1. The van der Waals surface area contributed by atoms with Crippen LogP contribution in [0.3, 0.4) is 0 Å². The van der Waals surface area contributed by atoms with Crippen molar-refractivity contribution in [1.29, 1.82) is 0 Å². The Balaban J connectivity index is 1.67. The van der Waals surface area contributed by atoms with E-state index < -0.39 is 0 Å². The van der Waals surface area contributed by atoms with Crippen LogP contribution in [0.25, 0.3) is 0 Å². The van der Waals surface area contributed by atoms with Crippen LogP contribution in [0.5, 0.6) is 0 Å². The van der Waals surface area contributed by atoms with E-state index in [0.29, 0.717) is 29.0 Å². The maximum absolute atomic E-state index is 11.8. The lowest BCUT2D eigenvalue weighted by molar-refractivity contribution is -0.115. The third-order valence-electron chi connectivity index (χ3n) is 8.27. The molecule has 2 fully saturated rings. The molecule has 0 aliphatic heterocycles. The maximum atomic E-state index is 11.8. The van der Waals surface area contributed by atoms with E-state index in [1.54, 1.807) is 11.1 Å². The molecule has 22 heavy (non-hydrogen) atoms. The molecule has 0 radical (unpaired) electrons. The monoisotopic (exact) mass is 298 g/mol. The molecule has 1 N–H and O–H groups in total. The van der Waals surface area contributed by atoms with Crippen LogP contribution in [0, 0.1) is 22.2 Å². The van der Waals surface area contributed by atoms with Gasteiger partial charge in [0.15, 0.2) is 5.78 Å². The average Bonchev–Trinajstić information content (AvgIpc) is 3.17. The smallest absolute Gasteiger partial charge is 0.155 e. The van der Waals surface area contributed by atoms with Gasteiger partial charge in [0.2, 0.25) is 0 Å². The van der Waals surface area contributed by atoms with Crippen LogP contribution in [-0.2, 0) is 4.79 Å². The molecule has 0 aromatic heterocycles. The van der Waals surface area contributed by atoms with Crippen molar-refractivity contribution in [1.82, 2.24) is 0 Å². The molecular weight excluding hydrogens is 272 g/mol. The van der Waals surface area contributed by atoms with Crippen molar-refractivity contribution in [2.24, 2.45) is 22.2 Å². The summed E-state index contributed by atoms with van der Waals surface area (Å²) in [5.74, 6) is 0.859. The molecule has 5 rings (SSSR count). The van der Waals surface area contributed by atoms with Gasteiger partial charge in [0, 0.05) is 17.3 Å². The third kappa shape index (κ3) is 1.31. The summed E-state index contributed by atoms with van der Waals surface area (Å²) in [4.78, 5) is 11.8. The maximum Gasteiger partial charge on any atom is 0.155 e. The lowest BCUT2D eigenvalue weighted by Crippen LogP contribution is -2.40. The van der Waals surface area contributed by atoms with Gasteiger partial charge in [-0.25, -0.2) is 0 Å². The molecule has 5 atom stereocenters. The quantitative estimate of drug-likeness (QED) is 0.688. The second kappa shape index (κ2) is 3.77. The molecule has 5 aliphatic rings. The van der Waals surface area contributed by atoms with Crippen LogP contribution in [0.15, 0.2) is 22.8 Å². The SMILES string of the molecule is C[C@]12CCC(=O)C=C1CCC1=C2CC[C@]2(C)C[C@H](O)[C@@H]3C[C@@]132. The molecule has 118 valence electrons. The van der Waals surface area contributed by atoms with Crippen LogP contribution in [0.2, 0.25) is 0 Å². The highest BCUT2D eigenvalue weighted by Gasteiger charge is 2.74. The molecule has 0 heterocycles. The lowest BCUT2D eigenvalue weighted by Gasteiger charge is -2.51. The van der Waals surface area contributed by atoms with Gasteiger partial charge in [0.25, 0.3) is 0 Å². The number of aliphatic hydroxyl groups is 1. The predicted octanol–water partition coefficient (Wildman–Crippen LogP) is 3.94. The first kappa shape index (κ1) is 13.5. The normalized spacial score (nSPS) is 52.5. The van der Waals surface area contributed by atoms with Crippen LogP contribution >= 0.6 is 0 Å². The third-order valence-corrected chi connectivity index (χ3v) is 8.27. The van der Waals surface area contributed by atoms with E-state index in [1.165, 1.54) is 24.8 Å². The zero-order valence-corrected chi connectivity index (χ0v) is 13.7. The van der Waals surface area contributed by atoms with E-state index in [4.69, 9.17) is 0 Å². The summed E-state index contributed by atoms with van der Waals surface area (Å²) in [6.07, 6.45) is 10.5. The van der Waals surface area contributed by atoms with E-state index in [2.05, 4.69) is 13.8 Å². The van der Waals surface area contributed by atoms with Crippen LogP contribution in [-0.4, -0.2) is 17.0 Å². The standard InChI is InChI=1S/C20H26O2/c1-18-7-6-14-15(20(18)10-16(20)17(22)11-18)4-3-12-9-13(21)5-8-19(12,14)2/h9,16-17,22H,3-8,10-11H2,1-2H3/t16-,17-,18+,19-,20+/m0/s1. The van der Waals surface area contributed by atoms with Crippen molar-refractivity contribution in [3.05, 3.63) is 22.8 Å². The molecule has 0 aromatic rings. The van der Waals surface area contributed by atoms with E-state index >= 15 is 0 Å². The van der Waals surface area contributed by atoms with Crippen molar-refractivity contribution in [3.8, 4) is 0 Å². The molecule has 2 saturated carbocycles. The predicted molar refractivity (Wildman–Crippen MR) is 85.2 cm³/mol. The minimum Gasteiger partial charge on any atom is -0.393 e. The molecule has 2 nitrogen and oxygen atoms in total. The Kier molecular flexibility index (Phi) is 2.32. The van der Waals surface area contributed by atoms with Gasteiger partial charge in [-0.1, -0.05) is 30.6 Å². The molecule has 0 saturated heterocycles. The highest BCUT2D eigenvalue weighted by Crippen LogP contribution is 2.80. The summed E-state index contributed by atoms with van der Waals surface area (Å²) in [5, 5.41) is 10.5. The number of rotatable bonds is 0. The van der Waals surface area contributed by atoms with Gasteiger partial charge >= 0.3 is 0 Å². The van der Waals surface area contributed by atoms with E-state index in [-0.39, 0.29) is 11.5 Å². The minimum atomic E-state index is -0.0745. The summed E-state index contributed by atoms with van der Waals surface area (Å²) in [7, 11) is 0. The number of hydrogen-bond acceptors (Lipinski definition) is 2. The number of carbonyl (C=O) groups is 1. The fourth-order valence-corrected chi connectivity index (χ4v) is 6.98. The first-order chi connectivity index (χ1) is 10.4. The highest BCUT2D eigenvalue weighted by molar-refractivity contribution is 5.92. The molecule has 2 heteroatoms. The summed E-state index contributed by atoms with van der Waals surface area (Å²) >= 11 is 0. The average molecular weight is 298 g/mol. The number of hydrogen-bond donors (Lipinski definition) is 1. The summed E-state index contributed by atoms with van der Waals surface area (Å²) in [6.45, 7) is 4.83. The van der Waals surface area contributed by atoms with Crippen molar-refractivity contribution in [3.63, 3.8) is 0 Å². The van der Waals surface area contributed by atoms with Gasteiger partial charge in [0.05, 0.1) is 6.10 Å². The van der Waals surface area contributed by atoms with E-state index in [0.717, 1.165) is 25.7 Å². The fraction of sp³-hybridized carbons (Fsp3) is 0.750. The highest BCUT2D eigenvalue weighted by atomic mass is 16.3. The van der Waals surface area contributed by atoms with Crippen molar-refractivity contribution < 1.29 is 9.90 Å². The van der Waals surface area contributed by atoms with Gasteiger partial charge < -0.3 is 5.11 Å². The minimum absolute atomic E-state index is 0.0745. The zero-order chi connectivity index (χ0) is 15.3. The number of fused-ring (bicyclic) bond motifs is 2. The summed E-state index contributed by atoms with van der Waals surface area (Å²) in [6, 6.07) is 0. The fourth-order valence-electron chi connectivity index (χ4n) is 6.98. The summed E-state index contributed by atoms with van der Waals surface area (Å²) < 4.78 is 0. The number of carbonyl (C=O) groups excluding carboxylic acids is 1. The molecule has 0 bridgehead atoms. The Bertz CT molecular complexity index is 657. The van der Waals surface area contributed by atoms with Crippen molar-refractivity contribution in [2.75, 3.05) is 0 Å².